The molecule has 3 nitrogen and oxygen atoms in total. The van der Waals surface area contributed by atoms with Crippen LogP contribution in [-0.4, -0.2) is 16.5 Å². The quantitative estimate of drug-likeness (QED) is 0.771. The van der Waals surface area contributed by atoms with Crippen molar-refractivity contribution < 1.29 is 0 Å². The molecule has 0 bridgehead atoms. The molecule has 0 amide bonds. The van der Waals surface area contributed by atoms with Crippen LogP contribution in [0.25, 0.3) is 10.9 Å². The van der Waals surface area contributed by atoms with Gasteiger partial charge in [-0.15, -0.1) is 11.3 Å². The number of nitrogens with zero attached hydrogens (tertiary/aromatic N) is 2. The van der Waals surface area contributed by atoms with Crippen LogP contribution in [0.3, 0.4) is 0 Å². The van der Waals surface area contributed by atoms with Crippen molar-refractivity contribution in [2.24, 2.45) is 0 Å². The van der Waals surface area contributed by atoms with E-state index in [1.54, 1.807) is 11.3 Å². The molecule has 21 heavy (non-hydrogen) atoms. The molecule has 0 aliphatic rings. The lowest BCUT2D eigenvalue weighted by Gasteiger charge is -2.17. The standard InChI is InChI=1S/C17H19N3S/c1-3-8-18-17(16-11-21-12(2)20-16)14-9-13-6-4-5-7-15(13)19-10-14/h4-7,9-11,17-18H,3,8H2,1-2H3. The first-order valence-corrected chi connectivity index (χ1v) is 8.16. The molecule has 3 rings (SSSR count). The molecule has 0 saturated heterocycles. The van der Waals surface area contributed by atoms with Crippen molar-refractivity contribution in [1.82, 2.24) is 15.3 Å². The molecule has 2 heterocycles. The van der Waals surface area contributed by atoms with Gasteiger partial charge in [0.25, 0.3) is 0 Å². The molecule has 1 unspecified atom stereocenters. The zero-order chi connectivity index (χ0) is 14.7. The number of hydrogen-bond acceptors (Lipinski definition) is 4. The number of benzene rings is 1. The predicted molar refractivity (Wildman–Crippen MR) is 88.7 cm³/mol. The summed E-state index contributed by atoms with van der Waals surface area (Å²) in [5.74, 6) is 0. The Morgan fingerprint density at radius 3 is 2.90 bits per heavy atom. The molecule has 1 atom stereocenters. The highest BCUT2D eigenvalue weighted by Crippen LogP contribution is 2.25. The first kappa shape index (κ1) is 14.2. The van der Waals surface area contributed by atoms with Gasteiger partial charge in [-0.1, -0.05) is 25.1 Å². The summed E-state index contributed by atoms with van der Waals surface area (Å²) < 4.78 is 0. The molecule has 2 aromatic heterocycles. The third-order valence-corrected chi connectivity index (χ3v) is 4.27. The molecule has 1 aromatic carbocycles. The van der Waals surface area contributed by atoms with E-state index < -0.39 is 0 Å². The summed E-state index contributed by atoms with van der Waals surface area (Å²) in [6.07, 6.45) is 3.06. The fourth-order valence-electron chi connectivity index (χ4n) is 2.44. The van der Waals surface area contributed by atoms with Crippen molar-refractivity contribution >= 4 is 22.2 Å². The van der Waals surface area contributed by atoms with Crippen LogP contribution in [0.4, 0.5) is 0 Å². The Morgan fingerprint density at radius 1 is 1.29 bits per heavy atom. The Labute approximate surface area is 129 Å². The van der Waals surface area contributed by atoms with Crippen molar-refractivity contribution in [2.75, 3.05) is 6.54 Å². The second kappa shape index (κ2) is 6.33. The van der Waals surface area contributed by atoms with Crippen molar-refractivity contribution in [3.8, 4) is 0 Å². The van der Waals surface area contributed by atoms with Gasteiger partial charge < -0.3 is 5.32 Å². The minimum atomic E-state index is 0.118. The monoisotopic (exact) mass is 297 g/mol. The molecule has 3 aromatic rings. The number of hydrogen-bond donors (Lipinski definition) is 1. The maximum atomic E-state index is 4.65. The number of nitrogens with one attached hydrogen (secondary N) is 1. The van der Waals surface area contributed by atoms with Gasteiger partial charge >= 0.3 is 0 Å². The predicted octanol–water partition coefficient (Wildman–Crippen LogP) is 4.09. The van der Waals surface area contributed by atoms with Crippen LogP contribution < -0.4 is 5.32 Å². The number of pyridine rings is 1. The summed E-state index contributed by atoms with van der Waals surface area (Å²) in [6.45, 7) is 5.19. The smallest absolute Gasteiger partial charge is 0.0898 e. The van der Waals surface area contributed by atoms with Crippen molar-refractivity contribution in [3.63, 3.8) is 0 Å². The second-order valence-corrected chi connectivity index (χ2v) is 6.20. The zero-order valence-corrected chi connectivity index (χ0v) is 13.2. The van der Waals surface area contributed by atoms with Crippen LogP contribution in [0, 0.1) is 6.92 Å². The van der Waals surface area contributed by atoms with Crippen LogP contribution in [0.15, 0.2) is 41.9 Å². The fraction of sp³-hybridized carbons (Fsp3) is 0.294. The number of rotatable bonds is 5. The Morgan fingerprint density at radius 2 is 2.14 bits per heavy atom. The summed E-state index contributed by atoms with van der Waals surface area (Å²) in [5, 5.41) is 7.99. The highest BCUT2D eigenvalue weighted by Gasteiger charge is 2.17. The highest BCUT2D eigenvalue weighted by atomic mass is 32.1. The normalized spacial score (nSPS) is 12.7. The average molecular weight is 297 g/mol. The first-order chi connectivity index (χ1) is 10.3. The molecule has 0 aliphatic carbocycles. The molecule has 0 spiro atoms. The van der Waals surface area contributed by atoms with Crippen LogP contribution in [-0.2, 0) is 0 Å². The van der Waals surface area contributed by atoms with Gasteiger partial charge in [0.05, 0.1) is 22.3 Å². The van der Waals surface area contributed by atoms with E-state index in [4.69, 9.17) is 0 Å². The highest BCUT2D eigenvalue weighted by molar-refractivity contribution is 7.09. The average Bonchev–Trinajstić information content (AvgIpc) is 2.94. The van der Waals surface area contributed by atoms with Gasteiger partial charge in [-0.2, -0.15) is 0 Å². The molecule has 0 aliphatic heterocycles. The molecule has 4 heteroatoms. The summed E-state index contributed by atoms with van der Waals surface area (Å²) in [7, 11) is 0. The van der Waals surface area contributed by atoms with Crippen molar-refractivity contribution in [1.29, 1.82) is 0 Å². The largest absolute Gasteiger partial charge is 0.305 e. The lowest BCUT2D eigenvalue weighted by Crippen LogP contribution is -2.23. The summed E-state index contributed by atoms with van der Waals surface area (Å²) in [5.41, 5.74) is 3.29. The third kappa shape index (κ3) is 3.12. The fourth-order valence-corrected chi connectivity index (χ4v) is 3.08. The minimum Gasteiger partial charge on any atom is -0.305 e. The number of fused-ring (bicyclic) bond motifs is 1. The second-order valence-electron chi connectivity index (χ2n) is 5.14. The Balaban J connectivity index is 2.00. The van der Waals surface area contributed by atoms with E-state index in [1.165, 1.54) is 10.9 Å². The minimum absolute atomic E-state index is 0.118. The molecule has 108 valence electrons. The SMILES string of the molecule is CCCNC(c1cnc2ccccc2c1)c1csc(C)n1. The lowest BCUT2D eigenvalue weighted by molar-refractivity contribution is 0.587. The summed E-state index contributed by atoms with van der Waals surface area (Å²) in [4.78, 5) is 9.23. The van der Waals surface area contributed by atoms with E-state index in [-0.39, 0.29) is 6.04 Å². The van der Waals surface area contributed by atoms with Crippen LogP contribution >= 0.6 is 11.3 Å². The third-order valence-electron chi connectivity index (χ3n) is 3.48. The zero-order valence-electron chi connectivity index (χ0n) is 12.3. The number of aryl methyl sites for hydroxylation is 1. The summed E-state index contributed by atoms with van der Waals surface area (Å²) in [6, 6.07) is 10.5. The van der Waals surface area contributed by atoms with Crippen LogP contribution in [0.1, 0.15) is 35.7 Å². The van der Waals surface area contributed by atoms with Gasteiger partial charge in [-0.05, 0) is 37.6 Å². The van der Waals surface area contributed by atoms with Gasteiger partial charge in [0.2, 0.25) is 0 Å². The summed E-state index contributed by atoms with van der Waals surface area (Å²) >= 11 is 1.69. The van der Waals surface area contributed by atoms with Crippen LogP contribution in [0.5, 0.6) is 0 Å². The maximum Gasteiger partial charge on any atom is 0.0898 e. The number of thiazole rings is 1. The van der Waals surface area contributed by atoms with Gasteiger partial charge in [0, 0.05) is 17.0 Å². The van der Waals surface area contributed by atoms with E-state index in [2.05, 4.69) is 45.8 Å². The van der Waals surface area contributed by atoms with E-state index in [0.29, 0.717) is 0 Å². The van der Waals surface area contributed by atoms with E-state index >= 15 is 0 Å². The molecular weight excluding hydrogens is 278 g/mol. The van der Waals surface area contributed by atoms with E-state index in [1.807, 2.05) is 25.3 Å². The molecule has 0 fully saturated rings. The Hall–Kier alpha value is -1.78. The van der Waals surface area contributed by atoms with Gasteiger partial charge in [0.1, 0.15) is 0 Å². The molecular formula is C17H19N3S. The van der Waals surface area contributed by atoms with E-state index in [0.717, 1.165) is 29.2 Å². The van der Waals surface area contributed by atoms with Gasteiger partial charge in [-0.25, -0.2) is 4.98 Å². The Kier molecular flexibility index (Phi) is 4.27. The van der Waals surface area contributed by atoms with Gasteiger partial charge in [0.15, 0.2) is 0 Å². The van der Waals surface area contributed by atoms with Crippen molar-refractivity contribution in [2.45, 2.75) is 26.3 Å². The number of aromatic nitrogens is 2. The Bertz CT molecular complexity index is 735. The van der Waals surface area contributed by atoms with Gasteiger partial charge in [-0.3, -0.25) is 4.98 Å². The topological polar surface area (TPSA) is 37.8 Å². The number of para-hydroxylation sites is 1. The maximum absolute atomic E-state index is 4.65. The lowest BCUT2D eigenvalue weighted by atomic mass is 10.0. The molecule has 0 radical (unpaired) electrons. The van der Waals surface area contributed by atoms with E-state index in [9.17, 15) is 0 Å². The van der Waals surface area contributed by atoms with Crippen molar-refractivity contribution in [3.05, 3.63) is 58.2 Å². The molecule has 1 N–H and O–H groups in total. The van der Waals surface area contributed by atoms with Crippen LogP contribution in [0.2, 0.25) is 0 Å². The molecule has 0 saturated carbocycles. The first-order valence-electron chi connectivity index (χ1n) is 7.28.